The van der Waals surface area contributed by atoms with E-state index in [9.17, 15) is 0 Å². The smallest absolute Gasteiger partial charge is 0.0170 e. The van der Waals surface area contributed by atoms with Crippen molar-refractivity contribution in [1.82, 2.24) is 0 Å². The Morgan fingerprint density at radius 2 is 1.57 bits per heavy atom. The molecule has 0 amide bonds. The lowest BCUT2D eigenvalue weighted by Gasteiger charge is -2.28. The maximum atomic E-state index is 2.34. The van der Waals surface area contributed by atoms with Crippen LogP contribution in [0.1, 0.15) is 67.7 Å². The van der Waals surface area contributed by atoms with E-state index >= 15 is 0 Å². The zero-order chi connectivity index (χ0) is 11.4. The van der Waals surface area contributed by atoms with E-state index in [1.165, 1.54) is 19.3 Å². The standard InChI is InChI=1S/C14H28/c1-8-10-13(14(5,6)7)12(9-2)11(3)4/h11H,8-10H2,1-7H3. The molecule has 0 aliphatic carbocycles. The summed E-state index contributed by atoms with van der Waals surface area (Å²) in [6.07, 6.45) is 3.75. The lowest BCUT2D eigenvalue weighted by molar-refractivity contribution is 0.461. The van der Waals surface area contributed by atoms with Gasteiger partial charge in [-0.3, -0.25) is 0 Å². The van der Waals surface area contributed by atoms with Crippen LogP contribution in [0.2, 0.25) is 0 Å². The molecule has 0 heteroatoms. The van der Waals surface area contributed by atoms with Crippen molar-refractivity contribution >= 4 is 0 Å². The molecule has 0 N–H and O–H groups in total. The van der Waals surface area contributed by atoms with E-state index in [0.29, 0.717) is 11.3 Å². The van der Waals surface area contributed by atoms with Gasteiger partial charge in [0.05, 0.1) is 0 Å². The molecule has 0 radical (unpaired) electrons. The van der Waals surface area contributed by atoms with Gasteiger partial charge in [0.25, 0.3) is 0 Å². The van der Waals surface area contributed by atoms with Crippen molar-refractivity contribution < 1.29 is 0 Å². The van der Waals surface area contributed by atoms with Crippen LogP contribution < -0.4 is 0 Å². The average molecular weight is 196 g/mol. The van der Waals surface area contributed by atoms with Crippen molar-refractivity contribution in [2.75, 3.05) is 0 Å². The SMILES string of the molecule is CCCC(=C(CC)C(C)C)C(C)(C)C. The molecule has 0 atom stereocenters. The van der Waals surface area contributed by atoms with Gasteiger partial charge in [0, 0.05) is 0 Å². The first-order chi connectivity index (χ1) is 6.34. The molecule has 0 nitrogen and oxygen atoms in total. The van der Waals surface area contributed by atoms with E-state index in [-0.39, 0.29) is 0 Å². The molecule has 0 fully saturated rings. The van der Waals surface area contributed by atoms with Crippen LogP contribution >= 0.6 is 0 Å². The molecule has 0 spiro atoms. The third-order valence-corrected chi connectivity index (χ3v) is 2.87. The third-order valence-electron chi connectivity index (χ3n) is 2.87. The van der Waals surface area contributed by atoms with E-state index in [1.54, 1.807) is 11.1 Å². The summed E-state index contributed by atoms with van der Waals surface area (Å²) in [6, 6.07) is 0. The minimum atomic E-state index is 0.353. The summed E-state index contributed by atoms with van der Waals surface area (Å²) in [5.41, 5.74) is 3.72. The minimum Gasteiger partial charge on any atom is -0.0682 e. The lowest BCUT2D eigenvalue weighted by atomic mass is 9.77. The molecule has 0 aromatic heterocycles. The van der Waals surface area contributed by atoms with Gasteiger partial charge in [-0.25, -0.2) is 0 Å². The molecule has 0 aromatic carbocycles. The third kappa shape index (κ3) is 3.86. The molecule has 0 aliphatic heterocycles. The van der Waals surface area contributed by atoms with Gasteiger partial charge < -0.3 is 0 Å². The van der Waals surface area contributed by atoms with Gasteiger partial charge in [-0.15, -0.1) is 0 Å². The number of hydrogen-bond acceptors (Lipinski definition) is 0. The topological polar surface area (TPSA) is 0 Å². The molecule has 0 unspecified atom stereocenters. The zero-order valence-electron chi connectivity index (χ0n) is 11.2. The van der Waals surface area contributed by atoms with Gasteiger partial charge in [-0.1, -0.05) is 66.0 Å². The highest BCUT2D eigenvalue weighted by atomic mass is 14.3. The van der Waals surface area contributed by atoms with Crippen LogP contribution in [0.5, 0.6) is 0 Å². The molecule has 14 heavy (non-hydrogen) atoms. The fraction of sp³-hybridized carbons (Fsp3) is 0.857. The van der Waals surface area contributed by atoms with Crippen LogP contribution in [0.3, 0.4) is 0 Å². The van der Waals surface area contributed by atoms with Crippen molar-refractivity contribution in [3.05, 3.63) is 11.1 Å². The normalized spacial score (nSPS) is 14.6. The molecular formula is C14H28. The number of rotatable bonds is 4. The van der Waals surface area contributed by atoms with Gasteiger partial charge in [0.2, 0.25) is 0 Å². The fourth-order valence-electron chi connectivity index (χ4n) is 2.24. The van der Waals surface area contributed by atoms with Crippen molar-refractivity contribution in [2.24, 2.45) is 11.3 Å². The molecule has 0 aliphatic rings. The van der Waals surface area contributed by atoms with Gasteiger partial charge in [0.1, 0.15) is 0 Å². The zero-order valence-corrected chi connectivity index (χ0v) is 11.2. The van der Waals surface area contributed by atoms with E-state index in [4.69, 9.17) is 0 Å². The Balaban J connectivity index is 5.10. The summed E-state index contributed by atoms with van der Waals surface area (Å²) in [6.45, 7) is 16.2. The van der Waals surface area contributed by atoms with E-state index in [1.807, 2.05) is 0 Å². The average Bonchev–Trinajstić information content (AvgIpc) is 2.02. The number of allylic oxidation sites excluding steroid dienone is 2. The Morgan fingerprint density at radius 1 is 1.07 bits per heavy atom. The second-order valence-electron chi connectivity index (χ2n) is 5.51. The molecule has 0 bridgehead atoms. The molecule has 0 rings (SSSR count). The van der Waals surface area contributed by atoms with Crippen molar-refractivity contribution in [3.8, 4) is 0 Å². The molecule has 0 heterocycles. The predicted octanol–water partition coefficient (Wildman–Crippen LogP) is 5.20. The van der Waals surface area contributed by atoms with Crippen LogP contribution in [-0.4, -0.2) is 0 Å². The summed E-state index contributed by atoms with van der Waals surface area (Å²) in [5.74, 6) is 0.709. The van der Waals surface area contributed by atoms with Crippen molar-refractivity contribution in [2.45, 2.75) is 67.7 Å². The van der Waals surface area contributed by atoms with Crippen LogP contribution in [0.25, 0.3) is 0 Å². The first-order valence-electron chi connectivity index (χ1n) is 6.06. The molecule has 84 valence electrons. The molecular weight excluding hydrogens is 168 g/mol. The van der Waals surface area contributed by atoms with Crippen molar-refractivity contribution in [3.63, 3.8) is 0 Å². The quantitative estimate of drug-likeness (QED) is 0.542. The summed E-state index contributed by atoms with van der Waals surface area (Å²) in [5, 5.41) is 0. The highest BCUT2D eigenvalue weighted by molar-refractivity contribution is 5.21. The highest BCUT2D eigenvalue weighted by Crippen LogP contribution is 2.35. The molecule has 0 aromatic rings. The van der Waals surface area contributed by atoms with Gasteiger partial charge >= 0.3 is 0 Å². The Morgan fingerprint density at radius 3 is 1.79 bits per heavy atom. The van der Waals surface area contributed by atoms with Gasteiger partial charge in [-0.2, -0.15) is 0 Å². The Labute approximate surface area is 90.8 Å². The molecule has 0 saturated heterocycles. The van der Waals surface area contributed by atoms with Crippen LogP contribution in [0.4, 0.5) is 0 Å². The van der Waals surface area contributed by atoms with Crippen LogP contribution in [0, 0.1) is 11.3 Å². The highest BCUT2D eigenvalue weighted by Gasteiger charge is 2.20. The first kappa shape index (κ1) is 13.7. The van der Waals surface area contributed by atoms with Crippen LogP contribution in [-0.2, 0) is 0 Å². The predicted molar refractivity (Wildman–Crippen MR) is 66.5 cm³/mol. The maximum absolute atomic E-state index is 2.34. The molecule has 0 saturated carbocycles. The first-order valence-corrected chi connectivity index (χ1v) is 6.06. The summed E-state index contributed by atoms with van der Waals surface area (Å²) in [7, 11) is 0. The van der Waals surface area contributed by atoms with E-state index < -0.39 is 0 Å². The Hall–Kier alpha value is -0.260. The Bertz CT molecular complexity index is 189. The second-order valence-corrected chi connectivity index (χ2v) is 5.51. The second kappa shape index (κ2) is 5.58. The minimum absolute atomic E-state index is 0.353. The fourth-order valence-corrected chi connectivity index (χ4v) is 2.24. The van der Waals surface area contributed by atoms with Crippen LogP contribution in [0.15, 0.2) is 11.1 Å². The summed E-state index contributed by atoms with van der Waals surface area (Å²) >= 11 is 0. The van der Waals surface area contributed by atoms with Gasteiger partial charge in [-0.05, 0) is 24.2 Å². The summed E-state index contributed by atoms with van der Waals surface area (Å²) < 4.78 is 0. The van der Waals surface area contributed by atoms with E-state index in [2.05, 4.69) is 48.5 Å². The Kier molecular flexibility index (Phi) is 5.48. The van der Waals surface area contributed by atoms with E-state index in [0.717, 1.165) is 0 Å². The number of hydrogen-bond donors (Lipinski definition) is 0. The maximum Gasteiger partial charge on any atom is -0.0170 e. The van der Waals surface area contributed by atoms with Gasteiger partial charge in [0.15, 0.2) is 0 Å². The van der Waals surface area contributed by atoms with Crippen molar-refractivity contribution in [1.29, 1.82) is 0 Å². The summed E-state index contributed by atoms with van der Waals surface area (Å²) in [4.78, 5) is 0. The lowest BCUT2D eigenvalue weighted by Crippen LogP contribution is -2.14. The monoisotopic (exact) mass is 196 g/mol. The largest absolute Gasteiger partial charge is 0.0682 e.